The SMILES string of the molecule is C=C(NC1(C)CC1)C(F)c1nc(C)nc(NCc2cccc(C(C)(F)F)c2F)c1C1CCCO1. The standard InChI is InChI=1S/C25H30F4N4O/c1-14(33-24(3)10-11-24)20(26)22-19(18-9-6-12-34-18)23(32-15(2)31-22)30-13-16-7-5-8-17(21(16)27)25(4,28)29/h5,7-8,18,20,33H,1,6,9-13H2,2-4H3,(H,30,31,32). The van der Waals surface area contributed by atoms with E-state index < -0.39 is 29.6 Å². The van der Waals surface area contributed by atoms with Gasteiger partial charge in [0.25, 0.3) is 5.92 Å². The molecule has 2 fully saturated rings. The van der Waals surface area contributed by atoms with E-state index in [2.05, 4.69) is 27.2 Å². The molecular formula is C25H30F4N4O. The van der Waals surface area contributed by atoms with Gasteiger partial charge in [-0.05, 0) is 39.5 Å². The minimum Gasteiger partial charge on any atom is -0.381 e. The molecule has 2 aliphatic rings. The highest BCUT2D eigenvalue weighted by Gasteiger charge is 2.40. The van der Waals surface area contributed by atoms with E-state index in [4.69, 9.17) is 4.74 Å². The first-order chi connectivity index (χ1) is 16.0. The Morgan fingerprint density at radius 2 is 2.06 bits per heavy atom. The summed E-state index contributed by atoms with van der Waals surface area (Å²) in [5, 5.41) is 6.19. The summed E-state index contributed by atoms with van der Waals surface area (Å²) in [6.07, 6.45) is 1.30. The van der Waals surface area contributed by atoms with E-state index in [0.29, 0.717) is 37.2 Å². The number of aryl methyl sites for hydroxylation is 1. The predicted molar refractivity (Wildman–Crippen MR) is 122 cm³/mol. The van der Waals surface area contributed by atoms with Crippen LogP contribution in [0.2, 0.25) is 0 Å². The second-order valence-corrected chi connectivity index (χ2v) is 9.51. The molecule has 9 heteroatoms. The van der Waals surface area contributed by atoms with Crippen molar-refractivity contribution in [1.82, 2.24) is 15.3 Å². The van der Waals surface area contributed by atoms with Crippen LogP contribution in [0.25, 0.3) is 0 Å². The van der Waals surface area contributed by atoms with Crippen LogP contribution in [0.4, 0.5) is 23.4 Å². The molecule has 2 heterocycles. The topological polar surface area (TPSA) is 59.1 Å². The third kappa shape index (κ3) is 5.19. The van der Waals surface area contributed by atoms with Gasteiger partial charge in [-0.25, -0.2) is 27.5 Å². The smallest absolute Gasteiger partial charge is 0.273 e. The van der Waals surface area contributed by atoms with Crippen molar-refractivity contribution in [3.05, 3.63) is 64.5 Å². The van der Waals surface area contributed by atoms with Crippen molar-refractivity contribution >= 4 is 5.82 Å². The molecule has 184 valence electrons. The minimum absolute atomic E-state index is 0.0552. The maximum Gasteiger partial charge on any atom is 0.273 e. The number of ether oxygens (including phenoxy) is 1. The second-order valence-electron chi connectivity index (χ2n) is 9.51. The third-order valence-electron chi connectivity index (χ3n) is 6.34. The molecule has 4 rings (SSSR count). The summed E-state index contributed by atoms with van der Waals surface area (Å²) in [6, 6.07) is 3.88. The van der Waals surface area contributed by atoms with Crippen molar-refractivity contribution in [2.45, 2.75) is 76.7 Å². The fourth-order valence-electron chi connectivity index (χ4n) is 4.22. The van der Waals surface area contributed by atoms with Crippen molar-refractivity contribution in [2.24, 2.45) is 0 Å². The van der Waals surface area contributed by atoms with Crippen LogP contribution in [0.15, 0.2) is 30.5 Å². The highest BCUT2D eigenvalue weighted by molar-refractivity contribution is 5.51. The lowest BCUT2D eigenvalue weighted by atomic mass is 10.00. The highest BCUT2D eigenvalue weighted by Crippen LogP contribution is 2.41. The van der Waals surface area contributed by atoms with E-state index in [0.717, 1.165) is 25.3 Å². The molecule has 0 radical (unpaired) electrons. The molecule has 1 saturated carbocycles. The minimum atomic E-state index is -3.31. The fraction of sp³-hybridized carbons (Fsp3) is 0.520. The molecule has 0 amide bonds. The molecule has 2 aromatic rings. The van der Waals surface area contributed by atoms with E-state index in [9.17, 15) is 13.2 Å². The van der Waals surface area contributed by atoms with Crippen LogP contribution in [0.3, 0.4) is 0 Å². The van der Waals surface area contributed by atoms with Crippen molar-refractivity contribution in [3.8, 4) is 0 Å². The summed E-state index contributed by atoms with van der Waals surface area (Å²) in [5.41, 5.74) is 0.0468. The quantitative estimate of drug-likeness (QED) is 0.423. The van der Waals surface area contributed by atoms with Crippen LogP contribution in [-0.2, 0) is 17.2 Å². The number of allylic oxidation sites excluding steroid dienone is 1. The van der Waals surface area contributed by atoms with E-state index in [1.165, 1.54) is 12.1 Å². The molecular weight excluding hydrogens is 448 g/mol. The maximum atomic E-state index is 15.7. The zero-order chi connectivity index (χ0) is 24.7. The summed E-state index contributed by atoms with van der Waals surface area (Å²) in [4.78, 5) is 8.82. The maximum absolute atomic E-state index is 15.7. The van der Waals surface area contributed by atoms with Gasteiger partial charge in [-0.2, -0.15) is 0 Å². The summed E-state index contributed by atoms with van der Waals surface area (Å²) in [7, 11) is 0. The molecule has 1 aromatic heterocycles. The molecule has 0 spiro atoms. The van der Waals surface area contributed by atoms with E-state index >= 15 is 4.39 Å². The Kier molecular flexibility index (Phi) is 6.59. The number of benzene rings is 1. The molecule has 1 saturated heterocycles. The largest absolute Gasteiger partial charge is 0.381 e. The van der Waals surface area contributed by atoms with Gasteiger partial charge in [-0.1, -0.05) is 24.8 Å². The van der Waals surface area contributed by atoms with Crippen molar-refractivity contribution in [3.63, 3.8) is 0 Å². The van der Waals surface area contributed by atoms with Gasteiger partial charge >= 0.3 is 0 Å². The molecule has 34 heavy (non-hydrogen) atoms. The summed E-state index contributed by atoms with van der Waals surface area (Å²) in [6.45, 7) is 8.60. The average molecular weight is 479 g/mol. The lowest BCUT2D eigenvalue weighted by Crippen LogP contribution is -2.29. The number of nitrogens with one attached hydrogen (secondary N) is 2. The first-order valence-corrected chi connectivity index (χ1v) is 11.5. The van der Waals surface area contributed by atoms with Gasteiger partial charge in [0.05, 0.1) is 17.4 Å². The molecule has 2 atom stereocenters. The van der Waals surface area contributed by atoms with Gasteiger partial charge in [0, 0.05) is 42.4 Å². The van der Waals surface area contributed by atoms with Crippen LogP contribution in [-0.4, -0.2) is 22.1 Å². The lowest BCUT2D eigenvalue weighted by molar-refractivity contribution is 0.0136. The lowest BCUT2D eigenvalue weighted by Gasteiger charge is -2.24. The zero-order valence-electron chi connectivity index (χ0n) is 19.7. The third-order valence-corrected chi connectivity index (χ3v) is 6.34. The Labute approximate surface area is 197 Å². The normalized spacial score (nSPS) is 20.1. The number of halogens is 4. The number of nitrogens with zero attached hydrogens (tertiary/aromatic N) is 2. The number of anilines is 1. The Hall–Kier alpha value is -2.68. The molecule has 1 aliphatic heterocycles. The monoisotopic (exact) mass is 478 g/mol. The van der Waals surface area contributed by atoms with Gasteiger partial charge in [0.1, 0.15) is 17.5 Å². The van der Waals surface area contributed by atoms with Crippen LogP contribution in [0.1, 0.15) is 80.0 Å². The van der Waals surface area contributed by atoms with Gasteiger partial charge < -0.3 is 15.4 Å². The van der Waals surface area contributed by atoms with Crippen LogP contribution in [0.5, 0.6) is 0 Å². The molecule has 2 N–H and O–H groups in total. The Morgan fingerprint density at radius 1 is 1.32 bits per heavy atom. The predicted octanol–water partition coefficient (Wildman–Crippen LogP) is 6.17. The Morgan fingerprint density at radius 3 is 2.68 bits per heavy atom. The second kappa shape index (κ2) is 9.17. The molecule has 2 unspecified atom stereocenters. The van der Waals surface area contributed by atoms with Crippen molar-refractivity contribution < 1.29 is 22.3 Å². The van der Waals surface area contributed by atoms with Crippen molar-refractivity contribution in [1.29, 1.82) is 0 Å². The summed E-state index contributed by atoms with van der Waals surface area (Å²) < 4.78 is 63.8. The highest BCUT2D eigenvalue weighted by atomic mass is 19.3. The van der Waals surface area contributed by atoms with E-state index in [1.807, 2.05) is 6.92 Å². The zero-order valence-corrected chi connectivity index (χ0v) is 19.7. The Bertz CT molecular complexity index is 1080. The average Bonchev–Trinajstić information content (AvgIpc) is 3.24. The number of hydrogen-bond acceptors (Lipinski definition) is 5. The van der Waals surface area contributed by atoms with E-state index in [1.54, 1.807) is 6.92 Å². The molecule has 5 nitrogen and oxygen atoms in total. The first-order valence-electron chi connectivity index (χ1n) is 11.5. The first kappa shape index (κ1) is 24.4. The molecule has 0 bridgehead atoms. The fourth-order valence-corrected chi connectivity index (χ4v) is 4.22. The molecule has 1 aromatic carbocycles. The number of hydrogen-bond donors (Lipinski definition) is 2. The molecule has 1 aliphatic carbocycles. The van der Waals surface area contributed by atoms with Gasteiger partial charge in [0.15, 0.2) is 6.17 Å². The van der Waals surface area contributed by atoms with Crippen molar-refractivity contribution in [2.75, 3.05) is 11.9 Å². The van der Waals surface area contributed by atoms with Crippen LogP contribution >= 0.6 is 0 Å². The van der Waals surface area contributed by atoms with E-state index in [-0.39, 0.29) is 29.0 Å². The summed E-state index contributed by atoms with van der Waals surface area (Å²) >= 11 is 0. The Balaban J connectivity index is 1.67. The van der Waals surface area contributed by atoms with Crippen LogP contribution < -0.4 is 10.6 Å². The van der Waals surface area contributed by atoms with Gasteiger partial charge in [-0.15, -0.1) is 0 Å². The van der Waals surface area contributed by atoms with Crippen LogP contribution in [0, 0.1) is 12.7 Å². The number of alkyl halides is 3. The summed E-state index contributed by atoms with van der Waals surface area (Å²) in [5.74, 6) is -3.67. The van der Waals surface area contributed by atoms with Gasteiger partial charge in [-0.3, -0.25) is 0 Å². The van der Waals surface area contributed by atoms with Gasteiger partial charge in [0.2, 0.25) is 0 Å². The number of rotatable bonds is 9. The number of aromatic nitrogens is 2.